The number of carbonyl (C=O) groups excluding carboxylic acids is 2. The van der Waals surface area contributed by atoms with E-state index in [1.54, 1.807) is 6.07 Å². The Morgan fingerprint density at radius 2 is 1.78 bits per heavy atom. The monoisotopic (exact) mass is 403 g/mol. The van der Waals surface area contributed by atoms with E-state index in [0.29, 0.717) is 11.4 Å². The summed E-state index contributed by atoms with van der Waals surface area (Å²) in [6, 6.07) is 14.4. The fraction of sp³-hybridized carbons (Fsp3) is 0.200. The standard InChI is InChI=1S/C20H19Cl2N3O2/c21-10-19(26)25-18(9-14-12-23-17-8-4-2-6-15(14)17)20(27)24-11-13-5-1-3-7-16(13)22/h1-8,12,18,23H,9-11H2,(H,24,27)(H,25,26). The number of carbonyl (C=O) groups is 2. The lowest BCUT2D eigenvalue weighted by atomic mass is 10.0. The van der Waals surface area contributed by atoms with Crippen LogP contribution >= 0.6 is 23.2 Å². The number of rotatable bonds is 7. The zero-order chi connectivity index (χ0) is 19.2. The normalized spacial score (nSPS) is 11.9. The van der Waals surface area contributed by atoms with E-state index in [-0.39, 0.29) is 18.3 Å². The predicted molar refractivity (Wildman–Crippen MR) is 108 cm³/mol. The maximum absolute atomic E-state index is 12.7. The quantitative estimate of drug-likeness (QED) is 0.528. The molecule has 0 bridgehead atoms. The molecule has 1 heterocycles. The molecule has 3 aromatic rings. The molecule has 1 atom stereocenters. The van der Waals surface area contributed by atoms with E-state index in [1.807, 2.05) is 48.7 Å². The molecule has 0 spiro atoms. The average Bonchev–Trinajstić information content (AvgIpc) is 3.09. The third kappa shape index (κ3) is 4.81. The van der Waals surface area contributed by atoms with Crippen molar-refractivity contribution >= 4 is 45.9 Å². The summed E-state index contributed by atoms with van der Waals surface area (Å²) in [6.07, 6.45) is 2.20. The molecule has 0 saturated carbocycles. The minimum atomic E-state index is -0.738. The topological polar surface area (TPSA) is 74.0 Å². The molecule has 2 amide bonds. The van der Waals surface area contributed by atoms with E-state index in [9.17, 15) is 9.59 Å². The maximum atomic E-state index is 12.7. The minimum absolute atomic E-state index is 0.206. The number of hydrogen-bond donors (Lipinski definition) is 3. The van der Waals surface area contributed by atoms with E-state index in [2.05, 4.69) is 15.6 Å². The number of benzene rings is 2. The Labute approximate surface area is 167 Å². The lowest BCUT2D eigenvalue weighted by Gasteiger charge is -2.18. The van der Waals surface area contributed by atoms with E-state index < -0.39 is 11.9 Å². The molecule has 140 valence electrons. The number of fused-ring (bicyclic) bond motifs is 1. The van der Waals surface area contributed by atoms with Gasteiger partial charge in [0.05, 0.1) is 0 Å². The van der Waals surface area contributed by atoms with Crippen LogP contribution in [0.5, 0.6) is 0 Å². The molecule has 3 rings (SSSR count). The maximum Gasteiger partial charge on any atom is 0.243 e. The fourth-order valence-corrected chi connectivity index (χ4v) is 3.19. The minimum Gasteiger partial charge on any atom is -0.361 e. The summed E-state index contributed by atoms with van der Waals surface area (Å²) in [4.78, 5) is 27.7. The highest BCUT2D eigenvalue weighted by Gasteiger charge is 2.22. The van der Waals surface area contributed by atoms with Gasteiger partial charge in [-0.05, 0) is 23.3 Å². The van der Waals surface area contributed by atoms with E-state index in [4.69, 9.17) is 23.2 Å². The molecule has 0 aliphatic rings. The fourth-order valence-electron chi connectivity index (χ4n) is 2.91. The van der Waals surface area contributed by atoms with Crippen LogP contribution in [0.25, 0.3) is 10.9 Å². The molecule has 1 aromatic heterocycles. The molecule has 27 heavy (non-hydrogen) atoms. The van der Waals surface area contributed by atoms with E-state index >= 15 is 0 Å². The van der Waals surface area contributed by atoms with Gasteiger partial charge in [0.2, 0.25) is 11.8 Å². The highest BCUT2D eigenvalue weighted by Crippen LogP contribution is 2.19. The molecule has 0 aliphatic heterocycles. The van der Waals surface area contributed by atoms with Gasteiger partial charge in [-0.15, -0.1) is 11.6 Å². The molecule has 3 N–H and O–H groups in total. The number of aromatic amines is 1. The van der Waals surface area contributed by atoms with Crippen LogP contribution in [0.2, 0.25) is 5.02 Å². The van der Waals surface area contributed by atoms with Crippen LogP contribution in [0.4, 0.5) is 0 Å². The van der Waals surface area contributed by atoms with Crippen LogP contribution in [-0.4, -0.2) is 28.7 Å². The van der Waals surface area contributed by atoms with Crippen LogP contribution in [0.3, 0.4) is 0 Å². The number of hydrogen-bond acceptors (Lipinski definition) is 2. The number of para-hydroxylation sites is 1. The number of nitrogens with one attached hydrogen (secondary N) is 3. The number of halogens is 2. The summed E-state index contributed by atoms with van der Waals surface area (Å²) in [7, 11) is 0. The summed E-state index contributed by atoms with van der Waals surface area (Å²) in [5, 5.41) is 7.12. The van der Waals surface area contributed by atoms with Gasteiger partial charge < -0.3 is 15.6 Å². The summed E-state index contributed by atoms with van der Waals surface area (Å²) in [5.41, 5.74) is 2.73. The zero-order valence-corrected chi connectivity index (χ0v) is 16.0. The highest BCUT2D eigenvalue weighted by atomic mass is 35.5. The van der Waals surface area contributed by atoms with Crippen molar-refractivity contribution in [3.05, 3.63) is 70.9 Å². The van der Waals surface area contributed by atoms with E-state index in [0.717, 1.165) is 22.0 Å². The predicted octanol–water partition coefficient (Wildman–Crippen LogP) is 3.40. The van der Waals surface area contributed by atoms with Crippen molar-refractivity contribution in [2.45, 2.75) is 19.0 Å². The van der Waals surface area contributed by atoms with E-state index in [1.165, 1.54) is 0 Å². The van der Waals surface area contributed by atoms with Gasteiger partial charge in [-0.1, -0.05) is 48.0 Å². The van der Waals surface area contributed by atoms with Gasteiger partial charge >= 0.3 is 0 Å². The largest absolute Gasteiger partial charge is 0.361 e. The Morgan fingerprint density at radius 1 is 1.04 bits per heavy atom. The van der Waals surface area contributed by atoms with Gasteiger partial charge in [0.15, 0.2) is 0 Å². The van der Waals surface area contributed by atoms with Crippen LogP contribution in [-0.2, 0) is 22.6 Å². The van der Waals surface area contributed by atoms with Crippen molar-refractivity contribution in [1.82, 2.24) is 15.6 Å². The van der Waals surface area contributed by atoms with Crippen molar-refractivity contribution < 1.29 is 9.59 Å². The number of amides is 2. The number of alkyl halides is 1. The Hall–Kier alpha value is -2.50. The molecular formula is C20H19Cl2N3O2. The number of aromatic nitrogens is 1. The second kappa shape index (κ2) is 8.93. The van der Waals surface area contributed by atoms with Crippen LogP contribution in [0.15, 0.2) is 54.7 Å². The third-order valence-corrected chi connectivity index (χ3v) is 4.89. The first-order valence-electron chi connectivity index (χ1n) is 8.50. The molecule has 5 nitrogen and oxygen atoms in total. The van der Waals surface area contributed by atoms with Gasteiger partial charge in [0.1, 0.15) is 11.9 Å². The molecule has 2 aromatic carbocycles. The summed E-state index contributed by atoms with van der Waals surface area (Å²) in [6.45, 7) is 0.277. The first-order valence-corrected chi connectivity index (χ1v) is 9.41. The zero-order valence-electron chi connectivity index (χ0n) is 14.5. The van der Waals surface area contributed by atoms with Crippen molar-refractivity contribution in [3.8, 4) is 0 Å². The Bertz CT molecular complexity index is 955. The van der Waals surface area contributed by atoms with Gasteiger partial charge in [0.25, 0.3) is 0 Å². The van der Waals surface area contributed by atoms with Crippen molar-refractivity contribution in [2.24, 2.45) is 0 Å². The summed E-state index contributed by atoms with van der Waals surface area (Å²) in [5.74, 6) is -0.893. The van der Waals surface area contributed by atoms with Crippen LogP contribution in [0, 0.1) is 0 Å². The lowest BCUT2D eigenvalue weighted by Crippen LogP contribution is -2.48. The van der Waals surface area contributed by atoms with Gasteiger partial charge in [-0.25, -0.2) is 0 Å². The highest BCUT2D eigenvalue weighted by molar-refractivity contribution is 6.31. The van der Waals surface area contributed by atoms with Gasteiger partial charge in [-0.3, -0.25) is 9.59 Å². The summed E-state index contributed by atoms with van der Waals surface area (Å²) >= 11 is 11.7. The average molecular weight is 404 g/mol. The van der Waals surface area contributed by atoms with Crippen molar-refractivity contribution in [3.63, 3.8) is 0 Å². The molecule has 7 heteroatoms. The first-order chi connectivity index (χ1) is 13.1. The third-order valence-electron chi connectivity index (χ3n) is 4.28. The number of H-pyrrole nitrogens is 1. The van der Waals surface area contributed by atoms with Gasteiger partial charge in [0, 0.05) is 35.1 Å². The second-order valence-corrected chi connectivity index (χ2v) is 6.80. The Morgan fingerprint density at radius 3 is 2.56 bits per heavy atom. The van der Waals surface area contributed by atoms with Crippen LogP contribution in [0.1, 0.15) is 11.1 Å². The molecule has 1 unspecified atom stereocenters. The SMILES string of the molecule is O=C(CCl)NC(Cc1c[nH]c2ccccc12)C(=O)NCc1ccccc1Cl. The lowest BCUT2D eigenvalue weighted by molar-refractivity contribution is -0.128. The van der Waals surface area contributed by atoms with Crippen molar-refractivity contribution in [2.75, 3.05) is 5.88 Å². The Kier molecular flexibility index (Phi) is 6.37. The second-order valence-electron chi connectivity index (χ2n) is 6.13. The first kappa shape index (κ1) is 19.3. The molecule has 0 saturated heterocycles. The Balaban J connectivity index is 1.75. The molecular weight excluding hydrogens is 385 g/mol. The molecule has 0 radical (unpaired) electrons. The van der Waals surface area contributed by atoms with Crippen LogP contribution < -0.4 is 10.6 Å². The smallest absolute Gasteiger partial charge is 0.243 e. The van der Waals surface area contributed by atoms with Gasteiger partial charge in [-0.2, -0.15) is 0 Å². The summed E-state index contributed by atoms with van der Waals surface area (Å²) < 4.78 is 0. The molecule has 0 fully saturated rings. The molecule has 0 aliphatic carbocycles. The van der Waals surface area contributed by atoms with Crippen molar-refractivity contribution in [1.29, 1.82) is 0 Å².